The van der Waals surface area contributed by atoms with Crippen LogP contribution >= 0.6 is 0 Å². The lowest BCUT2D eigenvalue weighted by Crippen LogP contribution is -2.28. The summed E-state index contributed by atoms with van der Waals surface area (Å²) < 4.78 is 0. The van der Waals surface area contributed by atoms with Crippen LogP contribution in [0.15, 0.2) is 12.1 Å². The molecule has 0 bridgehead atoms. The third-order valence-corrected chi connectivity index (χ3v) is 2.69. The van der Waals surface area contributed by atoms with E-state index in [-0.39, 0.29) is 5.41 Å². The fourth-order valence-electron chi connectivity index (χ4n) is 1.80. The van der Waals surface area contributed by atoms with E-state index in [4.69, 9.17) is 15.7 Å². The second kappa shape index (κ2) is 4.08. The molecule has 0 aliphatic heterocycles. The van der Waals surface area contributed by atoms with Gasteiger partial charge in [0.2, 0.25) is 0 Å². The lowest BCUT2D eigenvalue weighted by molar-refractivity contribution is 0.594. The molecule has 0 saturated carbocycles. The first-order valence-electron chi connectivity index (χ1n) is 5.43. The lowest BCUT2D eigenvalue weighted by atomic mass is 9.72. The van der Waals surface area contributed by atoms with Crippen LogP contribution in [0.25, 0.3) is 0 Å². The second-order valence-electron chi connectivity index (χ2n) is 5.47. The molecule has 1 rings (SSSR count). The van der Waals surface area contributed by atoms with Crippen LogP contribution in [0.1, 0.15) is 51.7 Å². The summed E-state index contributed by atoms with van der Waals surface area (Å²) in [6, 6.07) is 4.03. The van der Waals surface area contributed by atoms with Crippen LogP contribution in [0.2, 0.25) is 0 Å². The smallest absolute Gasteiger partial charge is 0.0930 e. The van der Waals surface area contributed by atoms with Gasteiger partial charge in [-0.2, -0.15) is 0 Å². The molecule has 0 heterocycles. The number of hydrogen-bond donors (Lipinski definition) is 0. The van der Waals surface area contributed by atoms with Gasteiger partial charge in [-0.25, -0.2) is 0 Å². The van der Waals surface area contributed by atoms with Gasteiger partial charge in [-0.15, -0.1) is 0 Å². The molecule has 0 unspecified atom stereocenters. The Hall–Kier alpha value is -0.650. The van der Waals surface area contributed by atoms with Crippen molar-refractivity contribution in [1.29, 1.82) is 0 Å². The Bertz CT molecular complexity index is 360. The Labute approximate surface area is 96.3 Å². The fraction of sp³-hybridized carbons (Fsp3) is 0.538. The first kappa shape index (κ1) is 12.4. The molecule has 0 atom stereocenters. The van der Waals surface area contributed by atoms with E-state index < -0.39 is 0 Å². The Morgan fingerprint density at radius 3 is 1.93 bits per heavy atom. The van der Waals surface area contributed by atoms with Crippen LogP contribution in [-0.2, 0) is 5.41 Å². The molecule has 1 aromatic carbocycles. The highest BCUT2D eigenvalue weighted by Crippen LogP contribution is 2.21. The zero-order chi connectivity index (χ0) is 11.8. The first-order chi connectivity index (χ1) is 6.73. The monoisotopic (exact) mass is 196 g/mol. The minimum absolute atomic E-state index is 0.0493. The molecular weight excluding hydrogens is 178 g/mol. The highest BCUT2D eigenvalue weighted by atomic mass is 14.2. The molecule has 2 heteroatoms. The first-order valence-corrected chi connectivity index (χ1v) is 5.43. The highest BCUT2D eigenvalue weighted by Gasteiger charge is 2.17. The molecule has 0 aromatic heterocycles. The van der Waals surface area contributed by atoms with Crippen molar-refractivity contribution in [2.75, 3.05) is 0 Å². The quantitative estimate of drug-likeness (QED) is 0.599. The molecule has 0 aliphatic rings. The van der Waals surface area contributed by atoms with Crippen molar-refractivity contribution in [1.82, 2.24) is 0 Å². The van der Waals surface area contributed by atoms with Crippen LogP contribution in [0.5, 0.6) is 0 Å². The van der Waals surface area contributed by atoms with Crippen molar-refractivity contribution in [3.8, 4) is 0 Å². The Morgan fingerprint density at radius 1 is 1.00 bits per heavy atom. The number of hydrogen-bond acceptors (Lipinski definition) is 0. The van der Waals surface area contributed by atoms with Crippen molar-refractivity contribution in [2.24, 2.45) is 0 Å². The Kier molecular flexibility index (Phi) is 3.37. The average Bonchev–Trinajstić information content (AvgIpc) is 2.06. The maximum absolute atomic E-state index is 6.06. The molecule has 15 heavy (non-hydrogen) atoms. The Balaban J connectivity index is 3.32. The number of rotatable bonds is 1. The van der Waals surface area contributed by atoms with Gasteiger partial charge < -0.3 is 0 Å². The summed E-state index contributed by atoms with van der Waals surface area (Å²) in [5, 5.41) is 0. The maximum atomic E-state index is 6.06. The molecule has 0 amide bonds. The molecule has 76 valence electrons. The summed E-state index contributed by atoms with van der Waals surface area (Å²) in [7, 11) is 12.1. The predicted octanol–water partition coefficient (Wildman–Crippen LogP) is 1.70. The largest absolute Gasteiger partial charge is 0.114 e. The van der Waals surface area contributed by atoms with Gasteiger partial charge in [0.05, 0.1) is 0 Å². The maximum Gasteiger partial charge on any atom is 0.114 e. The molecule has 0 aliphatic carbocycles. The SMILES string of the molecule is [B]c1cc(C(C)(C)C)c([B])cc1C(C)C. The van der Waals surface area contributed by atoms with E-state index in [9.17, 15) is 0 Å². The van der Waals surface area contributed by atoms with Crippen LogP contribution in [0.3, 0.4) is 0 Å². The summed E-state index contributed by atoms with van der Waals surface area (Å²) in [5.74, 6) is 0.418. The zero-order valence-corrected chi connectivity index (χ0v) is 10.4. The van der Waals surface area contributed by atoms with Gasteiger partial charge in [0.25, 0.3) is 0 Å². The van der Waals surface area contributed by atoms with Gasteiger partial charge in [0.15, 0.2) is 0 Å². The molecule has 0 nitrogen and oxygen atoms in total. The summed E-state index contributed by atoms with van der Waals surface area (Å²) >= 11 is 0. The third kappa shape index (κ3) is 2.68. The topological polar surface area (TPSA) is 0 Å². The molecule has 0 saturated heterocycles. The number of benzene rings is 1. The van der Waals surface area contributed by atoms with Gasteiger partial charge in [-0.1, -0.05) is 68.8 Å². The highest BCUT2D eigenvalue weighted by molar-refractivity contribution is 6.37. The van der Waals surface area contributed by atoms with E-state index in [0.717, 1.165) is 22.1 Å². The molecular formula is C13H18B2. The average molecular weight is 196 g/mol. The summed E-state index contributed by atoms with van der Waals surface area (Å²) in [6.45, 7) is 10.7. The van der Waals surface area contributed by atoms with E-state index in [0.29, 0.717) is 5.92 Å². The lowest BCUT2D eigenvalue weighted by Gasteiger charge is -2.25. The van der Waals surface area contributed by atoms with Crippen molar-refractivity contribution in [3.05, 3.63) is 23.3 Å². The van der Waals surface area contributed by atoms with Crippen molar-refractivity contribution in [3.63, 3.8) is 0 Å². The Morgan fingerprint density at radius 2 is 1.53 bits per heavy atom. The molecule has 0 N–H and O–H groups in total. The van der Waals surface area contributed by atoms with Gasteiger partial charge >= 0.3 is 0 Å². The molecule has 1 aromatic rings. The van der Waals surface area contributed by atoms with E-state index in [2.05, 4.69) is 34.6 Å². The van der Waals surface area contributed by atoms with Crippen molar-refractivity contribution < 1.29 is 0 Å². The zero-order valence-electron chi connectivity index (χ0n) is 10.4. The molecule has 4 radical (unpaired) electrons. The van der Waals surface area contributed by atoms with E-state index >= 15 is 0 Å². The van der Waals surface area contributed by atoms with Gasteiger partial charge in [0.1, 0.15) is 15.7 Å². The summed E-state index contributed by atoms with van der Waals surface area (Å²) in [5.41, 5.74) is 4.02. The van der Waals surface area contributed by atoms with Crippen LogP contribution in [-0.4, -0.2) is 15.7 Å². The minimum atomic E-state index is 0.0493. The predicted molar refractivity (Wildman–Crippen MR) is 70.0 cm³/mol. The van der Waals surface area contributed by atoms with E-state index in [1.165, 1.54) is 0 Å². The van der Waals surface area contributed by atoms with Gasteiger partial charge in [-0.05, 0) is 11.3 Å². The van der Waals surface area contributed by atoms with Gasteiger partial charge in [0, 0.05) is 0 Å². The summed E-state index contributed by atoms with van der Waals surface area (Å²) in [4.78, 5) is 0. The van der Waals surface area contributed by atoms with Crippen LogP contribution in [0.4, 0.5) is 0 Å². The third-order valence-electron chi connectivity index (χ3n) is 2.69. The van der Waals surface area contributed by atoms with Gasteiger partial charge in [-0.3, -0.25) is 0 Å². The second-order valence-corrected chi connectivity index (χ2v) is 5.47. The normalized spacial score (nSPS) is 12.1. The van der Waals surface area contributed by atoms with Crippen LogP contribution in [0, 0.1) is 0 Å². The summed E-state index contributed by atoms with van der Waals surface area (Å²) in [6.07, 6.45) is 0. The van der Waals surface area contributed by atoms with E-state index in [1.54, 1.807) is 0 Å². The van der Waals surface area contributed by atoms with Crippen molar-refractivity contribution >= 4 is 26.6 Å². The standard InChI is InChI=1S/C13H18B2/c1-8(2)9-6-12(15)10(7-11(9)14)13(3,4)5/h6-8H,1-5H3. The molecule has 0 fully saturated rings. The fourth-order valence-corrected chi connectivity index (χ4v) is 1.80. The minimum Gasteiger partial charge on any atom is -0.0930 e. The van der Waals surface area contributed by atoms with Crippen molar-refractivity contribution in [2.45, 2.75) is 46.0 Å². The van der Waals surface area contributed by atoms with Crippen LogP contribution < -0.4 is 10.9 Å². The molecule has 0 spiro atoms. The van der Waals surface area contributed by atoms with E-state index in [1.807, 2.05) is 12.1 Å².